The Morgan fingerprint density at radius 2 is 1.50 bits per heavy atom. The molecule has 2 atom stereocenters. The van der Waals surface area contributed by atoms with Gasteiger partial charge in [0.25, 0.3) is 0 Å². The van der Waals surface area contributed by atoms with E-state index in [1.54, 1.807) is 7.05 Å². The highest BCUT2D eigenvalue weighted by Gasteiger charge is 2.23. The highest BCUT2D eigenvalue weighted by Crippen LogP contribution is 2.07. The predicted molar refractivity (Wildman–Crippen MR) is 72.9 cm³/mol. The summed E-state index contributed by atoms with van der Waals surface area (Å²) in [5.74, 6) is 0.259. The van der Waals surface area contributed by atoms with Crippen molar-refractivity contribution >= 4 is 11.8 Å². The average molecular weight is 257 g/mol. The molecule has 0 aliphatic heterocycles. The van der Waals surface area contributed by atoms with Crippen LogP contribution in [0.15, 0.2) is 0 Å². The maximum absolute atomic E-state index is 11.9. The number of hydrogen-bond acceptors (Lipinski definition) is 3. The predicted octanol–water partition coefficient (Wildman–Crippen LogP) is 0.637. The van der Waals surface area contributed by atoms with Gasteiger partial charge >= 0.3 is 0 Å². The number of likely N-dealkylation sites (N-methyl/N-ethyl adjacent to an activating group) is 1. The SMILES string of the molecule is CNC(=O)C(CC(C)C)NC(=O)[C@H](N)CC(C)C. The van der Waals surface area contributed by atoms with E-state index >= 15 is 0 Å². The van der Waals surface area contributed by atoms with Crippen LogP contribution < -0.4 is 16.4 Å². The fourth-order valence-electron chi connectivity index (χ4n) is 1.77. The zero-order chi connectivity index (χ0) is 14.3. The molecule has 0 rings (SSSR count). The topological polar surface area (TPSA) is 84.2 Å². The fourth-order valence-corrected chi connectivity index (χ4v) is 1.77. The van der Waals surface area contributed by atoms with Gasteiger partial charge in [-0.3, -0.25) is 9.59 Å². The summed E-state index contributed by atoms with van der Waals surface area (Å²) < 4.78 is 0. The summed E-state index contributed by atoms with van der Waals surface area (Å²) in [6, 6.07) is -1.05. The molecule has 0 aromatic rings. The van der Waals surface area contributed by atoms with Crippen LogP contribution in [0.2, 0.25) is 0 Å². The van der Waals surface area contributed by atoms with Gasteiger partial charge < -0.3 is 16.4 Å². The van der Waals surface area contributed by atoms with Gasteiger partial charge in [0.15, 0.2) is 0 Å². The molecule has 0 aromatic heterocycles. The first-order valence-electron chi connectivity index (χ1n) is 6.55. The number of nitrogens with one attached hydrogen (secondary N) is 2. The smallest absolute Gasteiger partial charge is 0.242 e. The van der Waals surface area contributed by atoms with Crippen molar-refractivity contribution in [2.24, 2.45) is 17.6 Å². The Kier molecular flexibility index (Phi) is 7.59. The monoisotopic (exact) mass is 257 g/mol. The van der Waals surface area contributed by atoms with Gasteiger partial charge in [-0.2, -0.15) is 0 Å². The van der Waals surface area contributed by atoms with Crippen molar-refractivity contribution in [2.75, 3.05) is 7.05 Å². The number of carbonyl (C=O) groups excluding carboxylic acids is 2. The van der Waals surface area contributed by atoms with Crippen LogP contribution in [-0.2, 0) is 9.59 Å². The number of rotatable bonds is 7. The highest BCUT2D eigenvalue weighted by atomic mass is 16.2. The lowest BCUT2D eigenvalue weighted by molar-refractivity contribution is -0.129. The van der Waals surface area contributed by atoms with Crippen molar-refractivity contribution in [3.05, 3.63) is 0 Å². The molecule has 0 fully saturated rings. The molecule has 0 bridgehead atoms. The first-order valence-corrected chi connectivity index (χ1v) is 6.55. The molecule has 4 N–H and O–H groups in total. The normalized spacial score (nSPS) is 14.4. The summed E-state index contributed by atoms with van der Waals surface area (Å²) in [7, 11) is 1.57. The second-order valence-electron chi connectivity index (χ2n) is 5.54. The maximum Gasteiger partial charge on any atom is 0.242 e. The standard InChI is InChI=1S/C13H27N3O2/c1-8(2)6-10(14)12(17)16-11(7-9(3)4)13(18)15-5/h8-11H,6-7,14H2,1-5H3,(H,15,18)(H,16,17)/t10-,11?/m1/s1. The van der Waals surface area contributed by atoms with Crippen molar-refractivity contribution in [3.8, 4) is 0 Å². The van der Waals surface area contributed by atoms with Crippen LogP contribution in [-0.4, -0.2) is 30.9 Å². The minimum Gasteiger partial charge on any atom is -0.357 e. The molecule has 5 heteroatoms. The molecule has 0 aliphatic rings. The molecule has 106 valence electrons. The average Bonchev–Trinajstić information content (AvgIpc) is 2.25. The van der Waals surface area contributed by atoms with Gasteiger partial charge in [0.05, 0.1) is 6.04 Å². The lowest BCUT2D eigenvalue weighted by Gasteiger charge is -2.22. The van der Waals surface area contributed by atoms with Crippen LogP contribution in [0.25, 0.3) is 0 Å². The van der Waals surface area contributed by atoms with E-state index in [-0.39, 0.29) is 11.8 Å². The Hall–Kier alpha value is -1.10. The largest absolute Gasteiger partial charge is 0.357 e. The second-order valence-corrected chi connectivity index (χ2v) is 5.54. The van der Waals surface area contributed by atoms with Crippen molar-refractivity contribution in [1.29, 1.82) is 0 Å². The molecule has 1 unspecified atom stereocenters. The van der Waals surface area contributed by atoms with Crippen LogP contribution in [0.4, 0.5) is 0 Å². The Morgan fingerprint density at radius 3 is 1.89 bits per heavy atom. The van der Waals surface area contributed by atoms with E-state index in [4.69, 9.17) is 5.73 Å². The third kappa shape index (κ3) is 6.59. The minimum absolute atomic E-state index is 0.172. The molecule has 0 aliphatic carbocycles. The van der Waals surface area contributed by atoms with E-state index in [0.717, 1.165) is 0 Å². The summed E-state index contributed by atoms with van der Waals surface area (Å²) in [6.45, 7) is 8.04. The van der Waals surface area contributed by atoms with Crippen molar-refractivity contribution in [1.82, 2.24) is 10.6 Å². The second kappa shape index (κ2) is 8.08. The molecule has 0 aromatic carbocycles. The molecule has 5 nitrogen and oxygen atoms in total. The van der Waals surface area contributed by atoms with Crippen molar-refractivity contribution < 1.29 is 9.59 Å². The van der Waals surface area contributed by atoms with Gasteiger partial charge in [-0.1, -0.05) is 27.7 Å². The Balaban J connectivity index is 4.47. The first-order chi connectivity index (χ1) is 8.27. The number of hydrogen-bond donors (Lipinski definition) is 3. The summed E-state index contributed by atoms with van der Waals surface area (Å²) in [6.07, 6.45) is 1.23. The molecule has 0 radical (unpaired) electrons. The molecule has 18 heavy (non-hydrogen) atoms. The zero-order valence-corrected chi connectivity index (χ0v) is 12.1. The summed E-state index contributed by atoms with van der Waals surface area (Å²) in [5.41, 5.74) is 5.80. The Bertz CT molecular complexity index is 277. The molecule has 0 spiro atoms. The van der Waals surface area contributed by atoms with Crippen LogP contribution in [0.3, 0.4) is 0 Å². The number of amides is 2. The van der Waals surface area contributed by atoms with Gasteiger partial charge in [-0.15, -0.1) is 0 Å². The van der Waals surface area contributed by atoms with Gasteiger partial charge in [0, 0.05) is 7.05 Å². The quantitative estimate of drug-likeness (QED) is 0.625. The zero-order valence-electron chi connectivity index (χ0n) is 12.1. The van der Waals surface area contributed by atoms with Gasteiger partial charge in [0.2, 0.25) is 11.8 Å². The summed E-state index contributed by atoms with van der Waals surface area (Å²) >= 11 is 0. The third-order valence-electron chi connectivity index (χ3n) is 2.65. The lowest BCUT2D eigenvalue weighted by atomic mass is 10.0. The molecular weight excluding hydrogens is 230 g/mol. The Labute approximate surface area is 110 Å². The van der Waals surface area contributed by atoms with Crippen LogP contribution in [0.1, 0.15) is 40.5 Å². The molecular formula is C13H27N3O2. The van der Waals surface area contributed by atoms with Crippen LogP contribution in [0.5, 0.6) is 0 Å². The first kappa shape index (κ1) is 16.9. The molecule has 0 heterocycles. The Morgan fingerprint density at radius 1 is 1.00 bits per heavy atom. The third-order valence-corrected chi connectivity index (χ3v) is 2.65. The molecule has 0 saturated carbocycles. The van der Waals surface area contributed by atoms with Gasteiger partial charge in [-0.25, -0.2) is 0 Å². The molecule has 2 amide bonds. The van der Waals surface area contributed by atoms with Gasteiger partial charge in [0.1, 0.15) is 6.04 Å². The lowest BCUT2D eigenvalue weighted by Crippen LogP contribution is -2.51. The number of nitrogens with two attached hydrogens (primary N) is 1. The van der Waals surface area contributed by atoms with E-state index in [1.807, 2.05) is 27.7 Å². The van der Waals surface area contributed by atoms with E-state index in [1.165, 1.54) is 0 Å². The van der Waals surface area contributed by atoms with Crippen LogP contribution in [0, 0.1) is 11.8 Å². The highest BCUT2D eigenvalue weighted by molar-refractivity contribution is 5.89. The van der Waals surface area contributed by atoms with Crippen LogP contribution >= 0.6 is 0 Å². The van der Waals surface area contributed by atoms with E-state index < -0.39 is 12.1 Å². The van der Waals surface area contributed by atoms with E-state index in [9.17, 15) is 9.59 Å². The summed E-state index contributed by atoms with van der Waals surface area (Å²) in [5, 5.41) is 5.29. The van der Waals surface area contributed by atoms with Crippen molar-refractivity contribution in [3.63, 3.8) is 0 Å². The van der Waals surface area contributed by atoms with Gasteiger partial charge in [-0.05, 0) is 24.7 Å². The minimum atomic E-state index is -0.552. The van der Waals surface area contributed by atoms with E-state index in [2.05, 4.69) is 10.6 Å². The van der Waals surface area contributed by atoms with E-state index in [0.29, 0.717) is 24.7 Å². The summed E-state index contributed by atoms with van der Waals surface area (Å²) in [4.78, 5) is 23.5. The molecule has 0 saturated heterocycles. The maximum atomic E-state index is 11.9. The fraction of sp³-hybridized carbons (Fsp3) is 0.846. The number of carbonyl (C=O) groups is 2. The van der Waals surface area contributed by atoms with Crippen molar-refractivity contribution in [2.45, 2.75) is 52.6 Å².